The number of carbonyl (C=O) groups excluding carboxylic acids is 7. The van der Waals surface area contributed by atoms with E-state index in [1.807, 2.05) is 25.8 Å². The zero-order chi connectivity index (χ0) is 71.6. The molecule has 14 rings (SSSR count). The number of allylic oxidation sites excluding steroid dienone is 1. The fourth-order valence-corrected chi connectivity index (χ4v) is 17.0. The second-order valence-corrected chi connectivity index (χ2v) is 29.1. The Hall–Kier alpha value is -9.73. The molecular formula is C66H63N13O18S5. The van der Waals surface area contributed by atoms with E-state index in [9.17, 15) is 34.9 Å². The summed E-state index contributed by atoms with van der Waals surface area (Å²) in [6.07, 6.45) is -6.27. The van der Waals surface area contributed by atoms with Gasteiger partial charge in [0.1, 0.15) is 125 Å². The molecular weight excluding hydrogens is 1420 g/mol. The van der Waals surface area contributed by atoms with Crippen molar-refractivity contribution in [3.05, 3.63) is 141 Å². The molecule has 530 valence electrons. The summed E-state index contributed by atoms with van der Waals surface area (Å²) in [7, 11) is 3.22. The van der Waals surface area contributed by atoms with E-state index in [4.69, 9.17) is 48.1 Å². The van der Waals surface area contributed by atoms with Crippen LogP contribution >= 0.6 is 56.7 Å². The Labute approximate surface area is 598 Å². The number of thiazole rings is 5. The van der Waals surface area contributed by atoms with Crippen LogP contribution in [-0.4, -0.2) is 184 Å². The smallest absolute Gasteiger partial charge is 0.358 e. The molecule has 9 aromatic rings. The maximum Gasteiger partial charge on any atom is 0.358 e. The fraction of sp³-hybridized carbons (Fsp3) is 0.348. The minimum absolute atomic E-state index is 0.00827. The first-order valence-electron chi connectivity index (χ1n) is 31.7. The highest BCUT2D eigenvalue weighted by atomic mass is 32.1. The van der Waals surface area contributed by atoms with Gasteiger partial charge in [0.2, 0.25) is 5.91 Å². The number of pyridine rings is 1. The van der Waals surface area contributed by atoms with Crippen molar-refractivity contribution in [3.8, 4) is 44.2 Å². The van der Waals surface area contributed by atoms with Crippen LogP contribution in [0.25, 0.3) is 49.3 Å². The molecule has 5 amide bonds. The van der Waals surface area contributed by atoms with Gasteiger partial charge in [0.05, 0.1) is 49.8 Å². The van der Waals surface area contributed by atoms with Gasteiger partial charge in [-0.2, -0.15) is 4.73 Å². The van der Waals surface area contributed by atoms with Gasteiger partial charge in [0, 0.05) is 56.4 Å². The van der Waals surface area contributed by atoms with Gasteiger partial charge >= 0.3 is 11.9 Å². The number of aromatic nitrogens is 7. The molecule has 0 saturated carbocycles. The van der Waals surface area contributed by atoms with E-state index in [0.29, 0.717) is 16.7 Å². The number of amides is 5. The largest absolute Gasteiger partial charge is 0.508 e. The maximum absolute atomic E-state index is 15.2. The van der Waals surface area contributed by atoms with Crippen molar-refractivity contribution in [1.82, 2.24) is 66.1 Å². The van der Waals surface area contributed by atoms with Crippen molar-refractivity contribution in [2.24, 2.45) is 0 Å². The van der Waals surface area contributed by atoms with Crippen LogP contribution in [0.15, 0.2) is 81.2 Å². The van der Waals surface area contributed by atoms with E-state index in [0.717, 1.165) is 62.2 Å². The van der Waals surface area contributed by atoms with Crippen molar-refractivity contribution in [1.29, 1.82) is 0 Å². The Kier molecular flexibility index (Phi) is 19.2. The number of nitrogens with zero attached hydrogens (tertiary/aromatic N) is 8. The Morgan fingerprint density at radius 3 is 2.28 bits per heavy atom. The van der Waals surface area contributed by atoms with Crippen LogP contribution in [0.3, 0.4) is 0 Å². The molecule has 31 nitrogen and oxygen atoms in total. The van der Waals surface area contributed by atoms with Gasteiger partial charge in [-0.05, 0) is 76.6 Å². The monoisotopic (exact) mass is 1490 g/mol. The second-order valence-electron chi connectivity index (χ2n) is 24.7. The summed E-state index contributed by atoms with van der Waals surface area (Å²) in [5, 5.41) is 66.7. The van der Waals surface area contributed by atoms with Gasteiger partial charge in [0.15, 0.2) is 18.1 Å². The number of methoxy groups -OCH3 is 1. The minimum Gasteiger partial charge on any atom is -0.508 e. The first kappa shape index (κ1) is 69.4. The highest BCUT2D eigenvalue weighted by Gasteiger charge is 2.54. The van der Waals surface area contributed by atoms with Crippen LogP contribution in [0.1, 0.15) is 130 Å². The summed E-state index contributed by atoms with van der Waals surface area (Å²) in [6.45, 7) is 5.34. The van der Waals surface area contributed by atoms with Crippen LogP contribution < -0.4 is 26.6 Å². The van der Waals surface area contributed by atoms with E-state index in [1.54, 1.807) is 41.8 Å². The molecule has 10 unspecified atom stereocenters. The number of cyclic esters (lactones) is 2. The standard InChI is InChI=1S/C66H63N13O18S5/c1-27(80)45-58(87)76-46(28(2)91-6)61-72-40(25-100-61)57(86)77-49-51-52(97-43-17-66(4)53(29(3)96-43)78(5)26-95-66)65(89)93-18-31-8-7-9-41-44(31)34(19-92-51)50(79(41)90)64(88)94-20-35(68-55(84)38-24-102-63(49)73-38)60-69-36(21-99-60)47-33(59-70-39(23-98-59)56(85)75-45)16-42(82)48(74-47)62-71-37(22-101-62)54(83)67-15-14-30-10-12-32(81)13-11-30/h7-13,16,21-25,27,29,35,43,45,49,51-53,80-82,90H,14-15,17-20,26H2,1-6H3,(H,67,83)(H,68,84)(H,75,85)(H,76,87)(H,77,86)/b46-28+. The number of aliphatic hydroxyl groups excluding tert-OH is 1. The molecule has 5 aliphatic heterocycles. The number of aliphatic hydroxyl groups is 1. The van der Waals surface area contributed by atoms with E-state index in [1.165, 1.54) is 54.6 Å². The predicted molar refractivity (Wildman–Crippen MR) is 366 cm³/mol. The third-order valence-electron chi connectivity index (χ3n) is 17.9. The van der Waals surface area contributed by atoms with Gasteiger partial charge in [-0.3, -0.25) is 28.9 Å². The minimum atomic E-state index is -1.83. The number of carbonyl (C=O) groups is 7. The summed E-state index contributed by atoms with van der Waals surface area (Å²) >= 11 is 4.73. The highest BCUT2D eigenvalue weighted by molar-refractivity contribution is 7.14. The average molecular weight is 1490 g/mol. The average Bonchev–Trinajstić information content (AvgIpc) is 1.59. The molecule has 12 bridgehead atoms. The van der Waals surface area contributed by atoms with E-state index >= 15 is 19.2 Å². The number of ether oxygens (including phenoxy) is 7. The number of hydrogen-bond acceptors (Lipinski definition) is 30. The molecule has 0 spiro atoms. The fourth-order valence-electron chi connectivity index (χ4n) is 12.9. The van der Waals surface area contributed by atoms with Crippen molar-refractivity contribution >= 4 is 115 Å². The molecule has 12 heterocycles. The molecule has 102 heavy (non-hydrogen) atoms. The Morgan fingerprint density at radius 1 is 0.814 bits per heavy atom. The van der Waals surface area contributed by atoms with Crippen LogP contribution in [0.4, 0.5) is 0 Å². The number of esters is 2. The summed E-state index contributed by atoms with van der Waals surface area (Å²) < 4.78 is 45.1. The second kappa shape index (κ2) is 28.2. The van der Waals surface area contributed by atoms with E-state index < -0.39 is 127 Å². The molecule has 2 aromatic carbocycles. The maximum atomic E-state index is 15.2. The molecule has 5 aliphatic rings. The number of rotatable bonds is 9. The summed E-state index contributed by atoms with van der Waals surface area (Å²) in [5.41, 5.74) is -0.599. The van der Waals surface area contributed by atoms with Crippen LogP contribution in [0, 0.1) is 0 Å². The number of fused-ring (bicyclic) bond motifs is 16. The quantitative estimate of drug-likeness (QED) is 0.0440. The molecule has 2 saturated heterocycles. The topological polar surface area (TPSA) is 411 Å². The molecule has 0 aliphatic carbocycles. The third kappa shape index (κ3) is 13.4. The first-order chi connectivity index (χ1) is 49.0. The van der Waals surface area contributed by atoms with Crippen molar-refractivity contribution < 1.29 is 87.2 Å². The molecule has 7 aromatic heterocycles. The lowest BCUT2D eigenvalue weighted by Crippen LogP contribution is -2.58. The number of benzene rings is 2. The van der Waals surface area contributed by atoms with Crippen molar-refractivity contribution in [2.45, 2.75) is 114 Å². The Morgan fingerprint density at radius 2 is 1.51 bits per heavy atom. The van der Waals surface area contributed by atoms with Crippen molar-refractivity contribution in [2.75, 3.05) is 34.0 Å². The van der Waals surface area contributed by atoms with Crippen molar-refractivity contribution in [3.63, 3.8) is 0 Å². The number of phenolic OH excluding ortho intramolecular Hbond substituents is 1. The SMILES string of the molecule is CO/C(C)=C1/NC(=O)C(C(C)O)NC(=O)c2csc(n2)-c2cc(O)c(-c3nc(C(=O)NCCc4ccc(O)cc4)cs3)nc2-c2csc(n2)C2COC(=O)c3c4c5c(cccc5n3O)COC(=O)C(OC3CC5(C)OCN(C)C5C(C)O3)C(OC4)C(NC(=O)c3csc1n3)c1nc(cs1)C(=O)N2. The zero-order valence-corrected chi connectivity index (χ0v) is 58.9. The van der Waals surface area contributed by atoms with Gasteiger partial charge in [-0.25, -0.2) is 39.5 Å². The number of phenols is 1. The zero-order valence-electron chi connectivity index (χ0n) is 54.8. The summed E-state index contributed by atoms with van der Waals surface area (Å²) in [6, 6.07) is 7.79. The van der Waals surface area contributed by atoms with Gasteiger partial charge in [0.25, 0.3) is 23.6 Å². The van der Waals surface area contributed by atoms with Crippen LogP contribution in [-0.2, 0) is 62.4 Å². The molecule has 2 fully saturated rings. The summed E-state index contributed by atoms with van der Waals surface area (Å²) in [5.74, 6) is -6.51. The van der Waals surface area contributed by atoms with Gasteiger partial charge in [-0.1, -0.05) is 24.3 Å². The normalized spacial score (nSPS) is 24.3. The van der Waals surface area contributed by atoms with Gasteiger partial charge in [-0.15, -0.1) is 56.7 Å². The van der Waals surface area contributed by atoms with Crippen LogP contribution in [0.2, 0.25) is 0 Å². The van der Waals surface area contributed by atoms with E-state index in [2.05, 4.69) is 41.5 Å². The molecule has 36 heteroatoms. The molecule has 9 N–H and O–H groups in total. The third-order valence-corrected chi connectivity index (χ3v) is 22.4. The number of hydrogen-bond donors (Lipinski definition) is 9. The molecule has 10 atom stereocenters. The lowest BCUT2D eigenvalue weighted by Gasteiger charge is -2.45. The highest BCUT2D eigenvalue weighted by Crippen LogP contribution is 2.44. The van der Waals surface area contributed by atoms with Crippen LogP contribution in [0.5, 0.6) is 11.5 Å². The number of aromatic hydroxyl groups is 2. The lowest BCUT2D eigenvalue weighted by molar-refractivity contribution is -0.268. The Balaban J connectivity index is 0.910. The predicted octanol–water partition coefficient (Wildman–Crippen LogP) is 6.21. The number of likely N-dealkylation sites (N-methyl/N-ethyl adjacent to an activating group) is 1. The number of nitrogens with one attached hydrogen (secondary N) is 5. The van der Waals surface area contributed by atoms with E-state index in [-0.39, 0.29) is 130 Å². The molecule has 0 radical (unpaired) electrons. The first-order valence-corrected chi connectivity index (χ1v) is 36.1. The Bertz CT molecular complexity index is 4850. The summed E-state index contributed by atoms with van der Waals surface area (Å²) in [4.78, 5) is 133. The van der Waals surface area contributed by atoms with Gasteiger partial charge < -0.3 is 80.3 Å². The lowest BCUT2D eigenvalue weighted by atomic mass is 9.86.